The van der Waals surface area contributed by atoms with E-state index in [0.717, 1.165) is 88.1 Å². The van der Waals surface area contributed by atoms with Gasteiger partial charge in [-0.05, 0) is 74.2 Å². The van der Waals surface area contributed by atoms with Crippen molar-refractivity contribution in [1.82, 2.24) is 14.8 Å². The van der Waals surface area contributed by atoms with Crippen molar-refractivity contribution >= 4 is 23.1 Å². The Balaban J connectivity index is 1.16. The number of rotatable bonds is 4. The van der Waals surface area contributed by atoms with Gasteiger partial charge in [-0.2, -0.15) is 0 Å². The largest absolute Gasteiger partial charge is 0.486 e. The number of carbonyl (C=O) groups excluding carboxylic acids is 1. The highest BCUT2D eigenvalue weighted by Gasteiger charge is 2.36. The minimum atomic E-state index is 0.0459. The van der Waals surface area contributed by atoms with Crippen LogP contribution in [-0.4, -0.2) is 79.2 Å². The highest BCUT2D eigenvalue weighted by atomic mass is 16.5. The number of hydrogen-bond acceptors (Lipinski definition) is 7. The fourth-order valence-electron chi connectivity index (χ4n) is 6.04. The van der Waals surface area contributed by atoms with E-state index < -0.39 is 0 Å². The molecule has 4 aliphatic heterocycles. The second kappa shape index (κ2) is 9.75. The number of aromatic nitrogens is 1. The molecule has 5 heterocycles. The first-order valence-corrected chi connectivity index (χ1v) is 13.1. The number of fused-ring (bicyclic) bond motifs is 2. The monoisotopic (exact) mass is 489 g/mol. The molecule has 0 aliphatic carbocycles. The molecule has 36 heavy (non-hydrogen) atoms. The van der Waals surface area contributed by atoms with E-state index in [-0.39, 0.29) is 5.91 Å². The number of pyridine rings is 1. The van der Waals surface area contributed by atoms with Gasteiger partial charge in [-0.25, -0.2) is 4.98 Å². The molecule has 3 saturated heterocycles. The van der Waals surface area contributed by atoms with Gasteiger partial charge in [0, 0.05) is 44.1 Å². The molecule has 6 rings (SSSR count). The van der Waals surface area contributed by atoms with Gasteiger partial charge in [-0.1, -0.05) is 6.58 Å². The van der Waals surface area contributed by atoms with Crippen molar-refractivity contribution in [2.45, 2.75) is 38.3 Å². The number of ether oxygens (including phenoxy) is 2. The lowest BCUT2D eigenvalue weighted by Crippen LogP contribution is -2.61. The molecular formula is C28H35N5O3. The Bertz CT molecular complexity index is 1150. The SMILES string of the molecule is C=CC(=O)N1CC(N2CCC(c3cc4c(cc3C)OCc3c(N5CCOCC5)ccnc3N4)CC2)C1. The molecule has 1 N–H and O–H groups in total. The molecule has 0 saturated carbocycles. The summed E-state index contributed by atoms with van der Waals surface area (Å²) in [4.78, 5) is 23.2. The zero-order chi connectivity index (χ0) is 24.6. The summed E-state index contributed by atoms with van der Waals surface area (Å²) < 4.78 is 11.9. The Morgan fingerprint density at radius 2 is 1.94 bits per heavy atom. The van der Waals surface area contributed by atoms with E-state index in [2.05, 4.69) is 51.8 Å². The maximum absolute atomic E-state index is 11.8. The summed E-state index contributed by atoms with van der Waals surface area (Å²) in [5.41, 5.74) is 5.97. The molecule has 3 fully saturated rings. The fourth-order valence-corrected chi connectivity index (χ4v) is 6.04. The number of likely N-dealkylation sites (tertiary alicyclic amines) is 2. The molecule has 1 amide bonds. The number of carbonyl (C=O) groups is 1. The second-order valence-electron chi connectivity index (χ2n) is 10.3. The van der Waals surface area contributed by atoms with Crippen LogP contribution in [0.15, 0.2) is 37.1 Å². The average Bonchev–Trinajstić information content (AvgIpc) is 3.07. The van der Waals surface area contributed by atoms with Gasteiger partial charge < -0.3 is 24.6 Å². The van der Waals surface area contributed by atoms with Crippen LogP contribution in [-0.2, 0) is 16.1 Å². The van der Waals surface area contributed by atoms with E-state index in [1.165, 1.54) is 22.9 Å². The standard InChI is InChI=1S/C28H35N5O3/c1-3-27(34)33-16-21(17-33)31-8-5-20(6-9-31)22-15-24-26(14-19(22)2)36-18-23-25(4-7-29-28(23)30-24)32-10-12-35-13-11-32/h3-4,7,14-15,20-21H,1,5-6,8-13,16-18H2,2H3,(H,29,30). The molecule has 8 heteroatoms. The number of piperidine rings is 1. The molecule has 0 unspecified atom stereocenters. The molecule has 0 bridgehead atoms. The molecule has 1 aromatic carbocycles. The van der Waals surface area contributed by atoms with Crippen LogP contribution < -0.4 is 15.0 Å². The number of anilines is 3. The molecule has 2 aromatic rings. The summed E-state index contributed by atoms with van der Waals surface area (Å²) >= 11 is 0. The lowest BCUT2D eigenvalue weighted by Gasteiger charge is -2.47. The number of aryl methyl sites for hydroxylation is 1. The maximum atomic E-state index is 11.8. The second-order valence-corrected chi connectivity index (χ2v) is 10.3. The zero-order valence-corrected chi connectivity index (χ0v) is 21.0. The number of hydrogen-bond donors (Lipinski definition) is 1. The van der Waals surface area contributed by atoms with Crippen LogP contribution in [0, 0.1) is 6.92 Å². The molecule has 1 aromatic heterocycles. The number of benzene rings is 1. The van der Waals surface area contributed by atoms with E-state index in [4.69, 9.17) is 9.47 Å². The lowest BCUT2D eigenvalue weighted by molar-refractivity contribution is -0.133. The van der Waals surface area contributed by atoms with Crippen LogP contribution in [0.2, 0.25) is 0 Å². The van der Waals surface area contributed by atoms with Gasteiger partial charge in [-0.15, -0.1) is 0 Å². The normalized spacial score (nSPS) is 20.9. The van der Waals surface area contributed by atoms with Crippen molar-refractivity contribution in [2.24, 2.45) is 0 Å². The van der Waals surface area contributed by atoms with Crippen LogP contribution in [0.5, 0.6) is 5.75 Å². The van der Waals surface area contributed by atoms with Crippen molar-refractivity contribution in [3.05, 3.63) is 53.7 Å². The zero-order valence-electron chi connectivity index (χ0n) is 21.0. The predicted molar refractivity (Wildman–Crippen MR) is 140 cm³/mol. The summed E-state index contributed by atoms with van der Waals surface area (Å²) in [6, 6.07) is 7.05. The summed E-state index contributed by atoms with van der Waals surface area (Å²) in [6.07, 6.45) is 5.56. The van der Waals surface area contributed by atoms with E-state index in [0.29, 0.717) is 18.6 Å². The number of nitrogens with one attached hydrogen (secondary N) is 1. The van der Waals surface area contributed by atoms with Gasteiger partial charge in [0.05, 0.1) is 24.5 Å². The van der Waals surface area contributed by atoms with Crippen LogP contribution in [0.3, 0.4) is 0 Å². The first-order valence-electron chi connectivity index (χ1n) is 13.1. The van der Waals surface area contributed by atoms with E-state index in [1.807, 2.05) is 11.1 Å². The van der Waals surface area contributed by atoms with Crippen LogP contribution >= 0.6 is 0 Å². The Labute approximate surface area is 212 Å². The van der Waals surface area contributed by atoms with Gasteiger partial charge in [0.25, 0.3) is 0 Å². The van der Waals surface area contributed by atoms with E-state index in [1.54, 1.807) is 0 Å². The summed E-state index contributed by atoms with van der Waals surface area (Å²) in [5.74, 6) is 2.34. The molecule has 0 spiro atoms. The smallest absolute Gasteiger partial charge is 0.246 e. The van der Waals surface area contributed by atoms with Gasteiger partial charge in [0.15, 0.2) is 0 Å². The van der Waals surface area contributed by atoms with Gasteiger partial charge in [0.2, 0.25) is 5.91 Å². The average molecular weight is 490 g/mol. The Hall–Kier alpha value is -3.10. The highest BCUT2D eigenvalue weighted by molar-refractivity contribution is 5.87. The number of morpholine rings is 1. The Morgan fingerprint density at radius 1 is 1.17 bits per heavy atom. The molecule has 4 aliphatic rings. The van der Waals surface area contributed by atoms with Crippen molar-refractivity contribution < 1.29 is 14.3 Å². The first-order chi connectivity index (χ1) is 17.6. The van der Waals surface area contributed by atoms with Gasteiger partial charge >= 0.3 is 0 Å². The fraction of sp³-hybridized carbons (Fsp3) is 0.500. The van der Waals surface area contributed by atoms with Gasteiger partial charge in [0.1, 0.15) is 18.2 Å². The molecule has 0 atom stereocenters. The van der Waals surface area contributed by atoms with Crippen LogP contribution in [0.1, 0.15) is 35.4 Å². The Kier molecular flexibility index (Phi) is 6.31. The molecule has 8 nitrogen and oxygen atoms in total. The van der Waals surface area contributed by atoms with Crippen molar-refractivity contribution in [3.63, 3.8) is 0 Å². The first kappa shape index (κ1) is 23.3. The quantitative estimate of drug-likeness (QED) is 0.660. The van der Waals surface area contributed by atoms with Gasteiger partial charge in [-0.3, -0.25) is 9.69 Å². The van der Waals surface area contributed by atoms with Crippen LogP contribution in [0.25, 0.3) is 0 Å². The Morgan fingerprint density at radius 3 is 2.69 bits per heavy atom. The predicted octanol–water partition coefficient (Wildman–Crippen LogP) is 3.44. The summed E-state index contributed by atoms with van der Waals surface area (Å²) in [7, 11) is 0. The van der Waals surface area contributed by atoms with E-state index in [9.17, 15) is 4.79 Å². The minimum absolute atomic E-state index is 0.0459. The summed E-state index contributed by atoms with van der Waals surface area (Å²) in [5, 5.41) is 3.61. The highest BCUT2D eigenvalue weighted by Crippen LogP contribution is 2.41. The van der Waals surface area contributed by atoms with Crippen molar-refractivity contribution in [3.8, 4) is 5.75 Å². The third-order valence-corrected chi connectivity index (χ3v) is 8.21. The van der Waals surface area contributed by atoms with E-state index >= 15 is 0 Å². The number of nitrogens with zero attached hydrogens (tertiary/aromatic N) is 4. The minimum Gasteiger partial charge on any atom is -0.486 e. The number of amides is 1. The van der Waals surface area contributed by atoms with Crippen molar-refractivity contribution in [1.29, 1.82) is 0 Å². The molecule has 0 radical (unpaired) electrons. The third kappa shape index (κ3) is 4.33. The summed E-state index contributed by atoms with van der Waals surface area (Å²) in [6.45, 7) is 13.4. The topological polar surface area (TPSA) is 70.2 Å². The molecular weight excluding hydrogens is 454 g/mol. The lowest BCUT2D eigenvalue weighted by atomic mass is 9.85. The maximum Gasteiger partial charge on any atom is 0.246 e. The van der Waals surface area contributed by atoms with Crippen molar-refractivity contribution in [2.75, 3.05) is 62.7 Å². The third-order valence-electron chi connectivity index (χ3n) is 8.21. The van der Waals surface area contributed by atoms with Crippen LogP contribution in [0.4, 0.5) is 17.2 Å². The molecule has 190 valence electrons.